The van der Waals surface area contributed by atoms with Crippen LogP contribution >= 0.6 is 11.9 Å². The summed E-state index contributed by atoms with van der Waals surface area (Å²) in [6.45, 7) is 1.82. The molecule has 11 heteroatoms. The van der Waals surface area contributed by atoms with E-state index in [-0.39, 0.29) is 28.8 Å². The molecule has 0 aliphatic carbocycles. The number of aromatic amines is 1. The molecule has 5 rings (SSSR count). The summed E-state index contributed by atoms with van der Waals surface area (Å²) in [4.78, 5) is 20.7. The second-order valence-electron chi connectivity index (χ2n) is 8.15. The Balaban J connectivity index is 1.43. The van der Waals surface area contributed by atoms with Gasteiger partial charge in [0, 0.05) is 29.3 Å². The van der Waals surface area contributed by atoms with Crippen molar-refractivity contribution in [3.8, 4) is 23.1 Å². The van der Waals surface area contributed by atoms with E-state index in [1.165, 1.54) is 41.2 Å². The molecule has 4 N–H and O–H groups in total. The van der Waals surface area contributed by atoms with Crippen LogP contribution in [0.5, 0.6) is 17.4 Å². The van der Waals surface area contributed by atoms with Gasteiger partial charge in [-0.3, -0.25) is 4.79 Å². The molecule has 0 amide bonds. The number of nitrogens with zero attached hydrogens (tertiary/aromatic N) is 3. The van der Waals surface area contributed by atoms with Gasteiger partial charge in [0.2, 0.25) is 11.7 Å². The molecule has 0 fully saturated rings. The van der Waals surface area contributed by atoms with Crippen LogP contribution in [0.2, 0.25) is 0 Å². The maximum atomic E-state index is 13.9. The van der Waals surface area contributed by atoms with Gasteiger partial charge in [-0.2, -0.15) is 5.10 Å². The molecule has 0 atom stereocenters. The van der Waals surface area contributed by atoms with E-state index in [9.17, 15) is 9.18 Å². The highest BCUT2D eigenvalue weighted by molar-refractivity contribution is 7.99. The number of para-hydroxylation sites is 1. The van der Waals surface area contributed by atoms with Gasteiger partial charge < -0.3 is 24.9 Å². The number of aryl methyl sites for hydroxylation is 1. The number of nitrogens with one attached hydrogen (secondary N) is 2. The Bertz CT molecular complexity index is 1630. The monoisotopic (exact) mass is 518 g/mol. The molecule has 0 aliphatic heterocycles. The largest absolute Gasteiger partial charge is 0.494 e. The molecule has 0 unspecified atom stereocenters. The molecule has 9 nitrogen and oxygen atoms in total. The third kappa shape index (κ3) is 4.56. The fraction of sp³-hybridized carbons (Fsp3) is 0.115. The van der Waals surface area contributed by atoms with Gasteiger partial charge in [-0.25, -0.2) is 14.1 Å². The first-order valence-corrected chi connectivity index (χ1v) is 12.4. The van der Waals surface area contributed by atoms with Crippen molar-refractivity contribution in [2.45, 2.75) is 6.92 Å². The fourth-order valence-electron chi connectivity index (χ4n) is 3.95. The van der Waals surface area contributed by atoms with E-state index in [2.05, 4.69) is 19.8 Å². The number of ketones is 1. The predicted molar refractivity (Wildman–Crippen MR) is 142 cm³/mol. The number of methoxy groups -OCH3 is 1. The van der Waals surface area contributed by atoms with E-state index < -0.39 is 5.82 Å². The Morgan fingerprint density at radius 3 is 2.70 bits per heavy atom. The number of carbonyl (C=O) groups excluding carboxylic acids is 1. The van der Waals surface area contributed by atoms with Gasteiger partial charge in [0.05, 0.1) is 42.1 Å². The van der Waals surface area contributed by atoms with Gasteiger partial charge in [-0.15, -0.1) is 0 Å². The third-order valence-corrected chi connectivity index (χ3v) is 6.21. The van der Waals surface area contributed by atoms with Crippen LogP contribution in [-0.2, 0) is 0 Å². The molecule has 0 spiro atoms. The number of hydrogen-bond acceptors (Lipinski definition) is 8. The molecule has 3 aromatic heterocycles. The van der Waals surface area contributed by atoms with E-state index in [0.717, 1.165) is 22.2 Å². The number of anilines is 2. The van der Waals surface area contributed by atoms with Crippen LogP contribution in [0.1, 0.15) is 21.6 Å². The molecule has 0 saturated carbocycles. The lowest BCUT2D eigenvalue weighted by Gasteiger charge is -2.11. The van der Waals surface area contributed by atoms with Crippen LogP contribution in [-0.4, -0.2) is 38.9 Å². The molecule has 0 saturated heterocycles. The molecule has 0 aliphatic rings. The second-order valence-corrected chi connectivity index (χ2v) is 8.77. The predicted octanol–water partition coefficient (Wildman–Crippen LogP) is 5.50. The number of fused-ring (bicyclic) bond motifs is 1. The summed E-state index contributed by atoms with van der Waals surface area (Å²) < 4.78 is 29.5. The summed E-state index contributed by atoms with van der Waals surface area (Å²) in [5, 5.41) is 5.17. The maximum Gasteiger partial charge on any atom is 0.219 e. The SMILES string of the molecule is COc1cc2[nH]c(C(=O)c3cnn(-c4cnc(Oc5ccccc5F)cc4C)c3N)cc2cc1NSC. The van der Waals surface area contributed by atoms with Gasteiger partial charge >= 0.3 is 0 Å². The minimum atomic E-state index is -0.488. The van der Waals surface area contributed by atoms with Crippen LogP contribution in [0, 0.1) is 12.7 Å². The maximum absolute atomic E-state index is 13.9. The van der Waals surface area contributed by atoms with E-state index >= 15 is 0 Å². The van der Waals surface area contributed by atoms with E-state index in [4.69, 9.17) is 15.2 Å². The number of benzene rings is 2. The molecule has 5 aromatic rings. The zero-order valence-corrected chi connectivity index (χ0v) is 21.0. The number of pyridine rings is 1. The number of hydrogen-bond donors (Lipinski definition) is 3. The van der Waals surface area contributed by atoms with Crippen LogP contribution < -0.4 is 19.9 Å². The molecule has 37 heavy (non-hydrogen) atoms. The second kappa shape index (κ2) is 9.86. The lowest BCUT2D eigenvalue weighted by atomic mass is 10.1. The number of H-pyrrole nitrogens is 1. The first kappa shape index (κ1) is 24.2. The summed E-state index contributed by atoms with van der Waals surface area (Å²) in [5.41, 5.74) is 9.81. The number of halogens is 1. The summed E-state index contributed by atoms with van der Waals surface area (Å²) >= 11 is 1.44. The van der Waals surface area contributed by atoms with Gasteiger partial charge in [0.15, 0.2) is 11.6 Å². The first-order valence-electron chi connectivity index (χ1n) is 11.2. The van der Waals surface area contributed by atoms with Crippen LogP contribution in [0.25, 0.3) is 16.6 Å². The number of rotatable bonds is 8. The molecule has 0 bridgehead atoms. The Kier molecular flexibility index (Phi) is 6.45. The normalized spacial score (nSPS) is 11.0. The van der Waals surface area contributed by atoms with Gasteiger partial charge in [0.25, 0.3) is 0 Å². The zero-order chi connectivity index (χ0) is 26.1. The molecular formula is C26H23FN6O3S. The summed E-state index contributed by atoms with van der Waals surface area (Å²) in [6.07, 6.45) is 4.85. The van der Waals surface area contributed by atoms with Crippen molar-refractivity contribution >= 4 is 40.1 Å². The molecule has 3 heterocycles. The van der Waals surface area contributed by atoms with Gasteiger partial charge in [-0.05, 0) is 36.8 Å². The highest BCUT2D eigenvalue weighted by atomic mass is 32.2. The van der Waals surface area contributed by atoms with E-state index in [0.29, 0.717) is 17.1 Å². The fourth-order valence-corrected chi connectivity index (χ4v) is 4.33. The standard InChI is InChI=1S/C26H23FN6O3S/c1-14-8-24(36-22-7-5-4-6-17(22)27)29-13-21(14)33-26(28)16(12-30-33)25(34)20-10-15-9-19(32-37-3)23(35-2)11-18(15)31-20/h4-13,31-32H,28H2,1-3H3. The highest BCUT2D eigenvalue weighted by Crippen LogP contribution is 2.33. The quantitative estimate of drug-likeness (QED) is 0.182. The van der Waals surface area contributed by atoms with E-state index in [1.54, 1.807) is 31.4 Å². The Morgan fingerprint density at radius 1 is 1.16 bits per heavy atom. The number of nitrogen functional groups attached to an aromatic ring is 1. The van der Waals surface area contributed by atoms with Crippen molar-refractivity contribution in [1.29, 1.82) is 0 Å². The van der Waals surface area contributed by atoms with Crippen LogP contribution in [0.3, 0.4) is 0 Å². The number of carbonyl (C=O) groups is 1. The van der Waals surface area contributed by atoms with Crippen molar-refractivity contribution < 1.29 is 18.7 Å². The smallest absolute Gasteiger partial charge is 0.219 e. The van der Waals surface area contributed by atoms with Gasteiger partial charge in [0.1, 0.15) is 11.6 Å². The summed E-state index contributed by atoms with van der Waals surface area (Å²) in [5.74, 6) is 0.318. The molecule has 2 aromatic carbocycles. The molecule has 188 valence electrons. The van der Waals surface area contributed by atoms with Crippen LogP contribution in [0.4, 0.5) is 15.9 Å². The Morgan fingerprint density at radius 2 is 1.97 bits per heavy atom. The molecule has 0 radical (unpaired) electrons. The van der Waals surface area contributed by atoms with Crippen molar-refractivity contribution in [3.63, 3.8) is 0 Å². The van der Waals surface area contributed by atoms with Crippen LogP contribution in [0.15, 0.2) is 60.9 Å². The summed E-state index contributed by atoms with van der Waals surface area (Å²) in [6, 6.07) is 13.2. The third-order valence-electron chi connectivity index (χ3n) is 5.79. The minimum Gasteiger partial charge on any atom is -0.494 e. The lowest BCUT2D eigenvalue weighted by Crippen LogP contribution is -2.09. The first-order chi connectivity index (χ1) is 17.9. The highest BCUT2D eigenvalue weighted by Gasteiger charge is 2.21. The lowest BCUT2D eigenvalue weighted by molar-refractivity contribution is 0.103. The topological polar surface area (TPSA) is 120 Å². The average molecular weight is 519 g/mol. The zero-order valence-electron chi connectivity index (χ0n) is 20.2. The van der Waals surface area contributed by atoms with Crippen molar-refractivity contribution in [2.24, 2.45) is 0 Å². The number of aromatic nitrogens is 4. The average Bonchev–Trinajstić information content (AvgIpc) is 3.48. The number of ether oxygens (including phenoxy) is 2. The molecular weight excluding hydrogens is 495 g/mol. The van der Waals surface area contributed by atoms with Crippen molar-refractivity contribution in [1.82, 2.24) is 19.7 Å². The van der Waals surface area contributed by atoms with Gasteiger partial charge in [-0.1, -0.05) is 24.1 Å². The van der Waals surface area contributed by atoms with Crippen molar-refractivity contribution in [2.75, 3.05) is 23.8 Å². The van der Waals surface area contributed by atoms with E-state index in [1.807, 2.05) is 25.3 Å². The van der Waals surface area contributed by atoms with Crippen molar-refractivity contribution in [3.05, 3.63) is 83.6 Å². The Labute approximate surface area is 215 Å². The Hall–Kier alpha value is -4.51. The summed E-state index contributed by atoms with van der Waals surface area (Å²) in [7, 11) is 1.59. The number of nitrogens with two attached hydrogens (primary N) is 1. The minimum absolute atomic E-state index is 0.0703.